The Morgan fingerprint density at radius 1 is 0.600 bits per heavy atom. The van der Waals surface area contributed by atoms with Crippen LogP contribution in [0, 0.1) is 0 Å². The number of hydrazine groups is 1. The quantitative estimate of drug-likeness (QED) is 0.0313. The number of unbranched alkanes of at least 4 members (excludes halogenated alkanes) is 14. The third-order valence-corrected chi connectivity index (χ3v) is 7.97. The zero-order valence-electron chi connectivity index (χ0n) is 31.0. The van der Waals surface area contributed by atoms with Crippen molar-refractivity contribution in [2.24, 2.45) is 5.84 Å². The minimum Gasteiger partial charge on any atom is -0.480 e. The van der Waals surface area contributed by atoms with E-state index in [1.54, 1.807) is 0 Å². The third-order valence-electron chi connectivity index (χ3n) is 7.97. The fourth-order valence-electron chi connectivity index (χ4n) is 5.09. The minimum atomic E-state index is -1.28. The topological polar surface area (TPSA) is 196 Å². The highest BCUT2D eigenvalue weighted by molar-refractivity contribution is 5.84. The molecule has 50 heavy (non-hydrogen) atoms. The smallest absolute Gasteiger partial charge is 0.328 e. The van der Waals surface area contributed by atoms with Crippen molar-refractivity contribution < 1.29 is 48.0 Å². The molecule has 5 N–H and O–H groups in total. The van der Waals surface area contributed by atoms with Crippen LogP contribution in [0.3, 0.4) is 0 Å². The number of nitrogens with two attached hydrogens (primary N) is 1. The van der Waals surface area contributed by atoms with E-state index in [0.29, 0.717) is 32.8 Å². The number of nitrogens with zero attached hydrogens (tertiary/aromatic N) is 1. The zero-order valence-corrected chi connectivity index (χ0v) is 31.0. The van der Waals surface area contributed by atoms with E-state index in [0.717, 1.165) is 24.3 Å². The van der Waals surface area contributed by atoms with Gasteiger partial charge in [-0.3, -0.25) is 24.2 Å². The second-order valence-electron chi connectivity index (χ2n) is 12.6. The highest BCUT2D eigenvalue weighted by Gasteiger charge is 2.27. The van der Waals surface area contributed by atoms with Gasteiger partial charge in [0.1, 0.15) is 19.3 Å². The number of rotatable bonds is 37. The molecule has 0 radical (unpaired) electrons. The molecule has 1 unspecified atom stereocenters. The van der Waals surface area contributed by atoms with Gasteiger partial charge in [-0.1, -0.05) is 96.8 Å². The van der Waals surface area contributed by atoms with Gasteiger partial charge in [0.15, 0.2) is 5.78 Å². The number of Topliss-reactive ketones (excluding diaryl/α,β-unsaturated/α-hetero) is 1. The maximum Gasteiger partial charge on any atom is 0.328 e. The van der Waals surface area contributed by atoms with Crippen molar-refractivity contribution in [1.29, 1.82) is 0 Å². The SMILES string of the molecule is CCCCCCCCCCCCCCCCCC(=O)N(N)C(CCC(=O)NCCOCCOCC(=O)NCCOCCOCC(C)=O)C(=O)O. The first-order valence-electron chi connectivity index (χ1n) is 18.8. The van der Waals surface area contributed by atoms with E-state index < -0.39 is 17.9 Å². The number of aliphatic carboxylic acids is 1. The lowest BCUT2D eigenvalue weighted by molar-refractivity contribution is -0.151. The van der Waals surface area contributed by atoms with E-state index in [1.807, 2.05) is 0 Å². The van der Waals surface area contributed by atoms with Crippen molar-refractivity contribution >= 4 is 29.5 Å². The molecule has 0 aromatic heterocycles. The predicted molar refractivity (Wildman–Crippen MR) is 191 cm³/mol. The Morgan fingerprint density at radius 2 is 1.04 bits per heavy atom. The summed E-state index contributed by atoms with van der Waals surface area (Å²) in [5.74, 6) is 3.46. The Balaban J connectivity index is 3.79. The molecule has 0 saturated carbocycles. The third kappa shape index (κ3) is 31.3. The van der Waals surface area contributed by atoms with E-state index in [2.05, 4.69) is 17.6 Å². The second kappa shape index (κ2) is 34.8. The molecule has 0 heterocycles. The van der Waals surface area contributed by atoms with Gasteiger partial charge in [-0.15, -0.1) is 0 Å². The molecule has 0 aliphatic carbocycles. The molecule has 0 rings (SSSR count). The van der Waals surface area contributed by atoms with Crippen LogP contribution >= 0.6 is 0 Å². The molecule has 14 heteroatoms. The average molecular weight is 717 g/mol. The van der Waals surface area contributed by atoms with Gasteiger partial charge in [-0.2, -0.15) is 0 Å². The van der Waals surface area contributed by atoms with Crippen LogP contribution in [0.4, 0.5) is 0 Å². The van der Waals surface area contributed by atoms with Crippen LogP contribution < -0.4 is 16.5 Å². The number of amides is 3. The summed E-state index contributed by atoms with van der Waals surface area (Å²) in [6.45, 7) is 5.69. The van der Waals surface area contributed by atoms with Crippen LogP contribution in [0.2, 0.25) is 0 Å². The lowest BCUT2D eigenvalue weighted by atomic mass is 10.0. The van der Waals surface area contributed by atoms with Crippen molar-refractivity contribution in [3.63, 3.8) is 0 Å². The zero-order chi connectivity index (χ0) is 37.1. The summed E-state index contributed by atoms with van der Waals surface area (Å²) in [4.78, 5) is 58.9. The van der Waals surface area contributed by atoms with Gasteiger partial charge in [-0.25, -0.2) is 10.6 Å². The van der Waals surface area contributed by atoms with Crippen LogP contribution in [0.5, 0.6) is 0 Å². The van der Waals surface area contributed by atoms with Gasteiger partial charge in [-0.05, 0) is 19.8 Å². The summed E-state index contributed by atoms with van der Waals surface area (Å²) < 4.78 is 21.0. The van der Waals surface area contributed by atoms with E-state index in [9.17, 15) is 29.1 Å². The van der Waals surface area contributed by atoms with E-state index in [1.165, 1.54) is 77.6 Å². The number of ketones is 1. The number of ether oxygens (including phenoxy) is 4. The average Bonchev–Trinajstić information content (AvgIpc) is 3.08. The molecule has 14 nitrogen and oxygen atoms in total. The second-order valence-corrected chi connectivity index (χ2v) is 12.6. The van der Waals surface area contributed by atoms with Gasteiger partial charge in [0.2, 0.25) is 17.7 Å². The summed E-state index contributed by atoms with van der Waals surface area (Å²) in [5.41, 5.74) is 0. The van der Waals surface area contributed by atoms with Crippen LogP contribution in [0.25, 0.3) is 0 Å². The van der Waals surface area contributed by atoms with E-state index >= 15 is 0 Å². The minimum absolute atomic E-state index is 0.0526. The number of carbonyl (C=O) groups is 5. The molecule has 0 saturated heterocycles. The lowest BCUT2D eigenvalue weighted by Crippen LogP contribution is -2.50. The lowest BCUT2D eigenvalue weighted by Gasteiger charge is -2.24. The Morgan fingerprint density at radius 3 is 1.52 bits per heavy atom. The van der Waals surface area contributed by atoms with Crippen molar-refractivity contribution in [1.82, 2.24) is 15.6 Å². The Hall–Kier alpha value is -2.65. The van der Waals surface area contributed by atoms with Gasteiger partial charge in [0.25, 0.3) is 0 Å². The van der Waals surface area contributed by atoms with Crippen molar-refractivity contribution in [3.05, 3.63) is 0 Å². The fraction of sp³-hybridized carbons (Fsp3) is 0.861. The number of carboxylic acids is 1. The molecular formula is C36H68N4O10. The van der Waals surface area contributed by atoms with Gasteiger partial charge < -0.3 is 34.7 Å². The number of nitrogens with one attached hydrogen (secondary N) is 2. The Kier molecular flexibility index (Phi) is 32.9. The molecule has 0 spiro atoms. The normalized spacial score (nSPS) is 11.7. The number of carbonyl (C=O) groups excluding carboxylic acids is 4. The van der Waals surface area contributed by atoms with Crippen molar-refractivity contribution in [2.45, 2.75) is 135 Å². The molecule has 0 aromatic rings. The van der Waals surface area contributed by atoms with Crippen LogP contribution in [0.1, 0.15) is 129 Å². The summed E-state index contributed by atoms with van der Waals surface area (Å²) in [7, 11) is 0. The summed E-state index contributed by atoms with van der Waals surface area (Å²) in [6, 6.07) is -1.28. The molecule has 3 amide bonds. The molecule has 0 fully saturated rings. The largest absolute Gasteiger partial charge is 0.480 e. The number of carboxylic acid groups (broad SMARTS) is 1. The van der Waals surface area contributed by atoms with E-state index in [4.69, 9.17) is 24.8 Å². The van der Waals surface area contributed by atoms with Crippen LogP contribution in [-0.2, 0) is 42.9 Å². The first-order chi connectivity index (χ1) is 24.2. The summed E-state index contributed by atoms with van der Waals surface area (Å²) >= 11 is 0. The molecule has 292 valence electrons. The predicted octanol–water partition coefficient (Wildman–Crippen LogP) is 4.07. The molecule has 1 atom stereocenters. The van der Waals surface area contributed by atoms with Crippen molar-refractivity contribution in [2.75, 3.05) is 65.9 Å². The molecule has 0 bridgehead atoms. The van der Waals surface area contributed by atoms with E-state index in [-0.39, 0.29) is 76.4 Å². The first-order valence-corrected chi connectivity index (χ1v) is 18.8. The van der Waals surface area contributed by atoms with Crippen LogP contribution in [0.15, 0.2) is 0 Å². The summed E-state index contributed by atoms with van der Waals surface area (Å²) in [5, 5.41) is 15.6. The highest BCUT2D eigenvalue weighted by atomic mass is 16.5. The molecular weight excluding hydrogens is 648 g/mol. The van der Waals surface area contributed by atoms with Crippen LogP contribution in [-0.4, -0.2) is 112 Å². The van der Waals surface area contributed by atoms with Gasteiger partial charge in [0.05, 0.1) is 39.6 Å². The number of hydrogen-bond acceptors (Lipinski definition) is 10. The van der Waals surface area contributed by atoms with Gasteiger partial charge in [0, 0.05) is 25.9 Å². The maximum absolute atomic E-state index is 12.5. The van der Waals surface area contributed by atoms with Crippen molar-refractivity contribution in [3.8, 4) is 0 Å². The molecule has 0 aliphatic rings. The van der Waals surface area contributed by atoms with Gasteiger partial charge >= 0.3 is 5.97 Å². The summed E-state index contributed by atoms with van der Waals surface area (Å²) in [6.07, 6.45) is 18.3. The molecule has 0 aliphatic heterocycles. The Labute approximate surface area is 300 Å². The highest BCUT2D eigenvalue weighted by Crippen LogP contribution is 2.14. The monoisotopic (exact) mass is 716 g/mol. The number of hydrogen-bond donors (Lipinski definition) is 4. The molecule has 0 aromatic carbocycles. The maximum atomic E-state index is 12.5. The fourth-order valence-corrected chi connectivity index (χ4v) is 5.09. The Bertz CT molecular complexity index is 893. The first kappa shape index (κ1) is 47.4. The standard InChI is InChI=1S/C36H68N4O10/c1-3-4-5-6-7-8-9-10-11-12-13-14-15-16-17-18-35(44)40(37)32(36(45)46)19-20-33(42)38-21-23-47-26-28-50-30-34(43)39-22-24-48-25-27-49-29-31(2)41/h32H,3-30,37H2,1-2H3,(H,38,42)(H,39,43)(H,45,46).